The van der Waals surface area contributed by atoms with E-state index in [4.69, 9.17) is 4.74 Å². The molecule has 24 heavy (non-hydrogen) atoms. The molecule has 0 bridgehead atoms. The molecule has 134 valence electrons. The monoisotopic (exact) mass is 335 g/mol. The van der Waals surface area contributed by atoms with Crippen LogP contribution in [0.5, 0.6) is 5.75 Å². The molecule has 0 heterocycles. The molecule has 5 nitrogen and oxygen atoms in total. The van der Waals surface area contributed by atoms with Crippen LogP contribution in [0, 0.1) is 11.3 Å². The van der Waals surface area contributed by atoms with Crippen LogP contribution in [0.4, 0.5) is 0 Å². The molecular weight excluding hydrogens is 306 g/mol. The third kappa shape index (κ3) is 5.25. The topological polar surface area (TPSA) is 75.6 Å². The number of carboxylic acid groups (broad SMARTS) is 1. The average molecular weight is 335 g/mol. The van der Waals surface area contributed by atoms with Gasteiger partial charge < -0.3 is 15.2 Å². The number of carbonyl (C=O) groups is 2. The Bertz CT molecular complexity index is 552. The lowest BCUT2D eigenvalue weighted by molar-refractivity contribution is -0.149. The first-order valence-electron chi connectivity index (χ1n) is 8.50. The van der Waals surface area contributed by atoms with Crippen LogP contribution in [0.2, 0.25) is 0 Å². The summed E-state index contributed by atoms with van der Waals surface area (Å²) in [7, 11) is 1.64. The van der Waals surface area contributed by atoms with Gasteiger partial charge in [0.25, 0.3) is 0 Å². The van der Waals surface area contributed by atoms with Crippen LogP contribution >= 0.6 is 0 Å². The zero-order valence-electron chi connectivity index (χ0n) is 15.1. The molecule has 5 heteroatoms. The lowest BCUT2D eigenvalue weighted by Gasteiger charge is -2.27. The smallest absolute Gasteiger partial charge is 0.311 e. The Labute approximate surface area is 144 Å². The molecule has 1 aromatic carbocycles. The molecule has 1 unspecified atom stereocenters. The number of aliphatic carboxylic acids is 1. The first kappa shape index (κ1) is 20.0. The molecule has 0 saturated heterocycles. The molecule has 0 spiro atoms. The fraction of sp³-hybridized carbons (Fsp3) is 0.579. The lowest BCUT2D eigenvalue weighted by atomic mass is 9.82. The van der Waals surface area contributed by atoms with E-state index >= 15 is 0 Å². The predicted molar refractivity (Wildman–Crippen MR) is 94.1 cm³/mol. The first-order chi connectivity index (χ1) is 11.4. The maximum absolute atomic E-state index is 12.2. The van der Waals surface area contributed by atoms with Crippen LogP contribution in [0.15, 0.2) is 24.3 Å². The molecule has 0 radical (unpaired) electrons. The summed E-state index contributed by atoms with van der Waals surface area (Å²) < 4.78 is 5.33. The fourth-order valence-electron chi connectivity index (χ4n) is 2.85. The van der Waals surface area contributed by atoms with Crippen molar-refractivity contribution >= 4 is 11.9 Å². The van der Waals surface area contributed by atoms with Crippen molar-refractivity contribution in [3.05, 3.63) is 29.8 Å². The van der Waals surface area contributed by atoms with Crippen molar-refractivity contribution < 1.29 is 19.4 Å². The number of ether oxygens (including phenoxy) is 1. The lowest BCUT2D eigenvalue weighted by Crippen LogP contribution is -2.42. The molecule has 0 saturated carbocycles. The minimum atomic E-state index is -0.873. The minimum Gasteiger partial charge on any atom is -0.496 e. The Morgan fingerprint density at radius 2 is 1.88 bits per heavy atom. The van der Waals surface area contributed by atoms with Crippen LogP contribution in [0.3, 0.4) is 0 Å². The van der Waals surface area contributed by atoms with Gasteiger partial charge in [-0.3, -0.25) is 9.59 Å². The summed E-state index contributed by atoms with van der Waals surface area (Å²) in [5, 5.41) is 12.2. The average Bonchev–Trinajstić information content (AvgIpc) is 2.56. The van der Waals surface area contributed by atoms with Gasteiger partial charge in [-0.2, -0.15) is 0 Å². The van der Waals surface area contributed by atoms with E-state index in [9.17, 15) is 14.7 Å². The normalized spacial score (nSPS) is 12.5. The summed E-state index contributed by atoms with van der Waals surface area (Å²) >= 11 is 0. The summed E-state index contributed by atoms with van der Waals surface area (Å²) in [6.07, 6.45) is 2.09. The van der Waals surface area contributed by atoms with Gasteiger partial charge in [0.05, 0.1) is 12.5 Å². The molecule has 1 aromatic rings. The summed E-state index contributed by atoms with van der Waals surface area (Å²) in [6.45, 7) is 5.87. The second-order valence-corrected chi connectivity index (χ2v) is 6.39. The Morgan fingerprint density at radius 3 is 2.42 bits per heavy atom. The number of carbonyl (C=O) groups excluding carboxylic acids is 1. The number of amides is 1. The highest BCUT2D eigenvalue weighted by molar-refractivity contribution is 5.79. The van der Waals surface area contributed by atoms with Gasteiger partial charge in [0.1, 0.15) is 5.75 Å². The van der Waals surface area contributed by atoms with Crippen LogP contribution < -0.4 is 10.1 Å². The summed E-state index contributed by atoms with van der Waals surface area (Å²) in [6, 6.07) is 7.78. The second-order valence-electron chi connectivity index (χ2n) is 6.39. The zero-order valence-corrected chi connectivity index (χ0v) is 15.1. The number of hydrogen-bond donors (Lipinski definition) is 2. The van der Waals surface area contributed by atoms with Crippen LogP contribution in [-0.4, -0.2) is 30.6 Å². The van der Waals surface area contributed by atoms with Gasteiger partial charge in [0.15, 0.2) is 0 Å². The highest BCUT2D eigenvalue weighted by Crippen LogP contribution is 2.26. The molecule has 1 amide bonds. The van der Waals surface area contributed by atoms with Crippen molar-refractivity contribution in [2.45, 2.75) is 46.5 Å². The number of methoxy groups -OCH3 is 1. The van der Waals surface area contributed by atoms with E-state index in [1.54, 1.807) is 7.11 Å². The molecular formula is C19H29NO4. The van der Waals surface area contributed by atoms with Crippen molar-refractivity contribution in [3.8, 4) is 5.75 Å². The third-order valence-corrected chi connectivity index (χ3v) is 4.73. The second kappa shape index (κ2) is 9.30. The quantitative estimate of drug-likeness (QED) is 0.688. The van der Waals surface area contributed by atoms with Gasteiger partial charge in [-0.1, -0.05) is 39.0 Å². The number of para-hydroxylation sites is 1. The molecule has 0 fully saturated rings. The van der Waals surface area contributed by atoms with E-state index in [1.807, 2.05) is 45.0 Å². The molecule has 2 N–H and O–H groups in total. The number of hydrogen-bond acceptors (Lipinski definition) is 3. The molecule has 1 atom stereocenters. The standard InChI is InChI=1S/C19H29NO4/c1-5-19(6-2,18(22)23)13-20-17(21)12-14(3)11-15-9-7-8-10-16(15)24-4/h7-10,14H,5-6,11-13H2,1-4H3,(H,20,21)(H,22,23). The molecule has 0 aliphatic heterocycles. The van der Waals surface area contributed by atoms with Crippen LogP contribution in [0.25, 0.3) is 0 Å². The van der Waals surface area contributed by atoms with Crippen molar-refractivity contribution in [1.29, 1.82) is 0 Å². The number of nitrogens with one attached hydrogen (secondary N) is 1. The third-order valence-electron chi connectivity index (χ3n) is 4.73. The summed E-state index contributed by atoms with van der Waals surface area (Å²) in [5.41, 5.74) is 0.198. The van der Waals surface area contributed by atoms with Crippen molar-refractivity contribution in [2.24, 2.45) is 11.3 Å². The van der Waals surface area contributed by atoms with Crippen molar-refractivity contribution in [3.63, 3.8) is 0 Å². The van der Waals surface area contributed by atoms with E-state index in [0.29, 0.717) is 19.3 Å². The molecule has 0 aromatic heterocycles. The van der Waals surface area contributed by atoms with Crippen molar-refractivity contribution in [1.82, 2.24) is 5.32 Å². The molecule has 0 aliphatic carbocycles. The van der Waals surface area contributed by atoms with E-state index in [2.05, 4.69) is 5.32 Å². The highest BCUT2D eigenvalue weighted by atomic mass is 16.5. The Morgan fingerprint density at radius 1 is 1.25 bits per heavy atom. The van der Waals surface area contributed by atoms with Crippen LogP contribution in [0.1, 0.15) is 45.6 Å². The maximum atomic E-state index is 12.2. The van der Waals surface area contributed by atoms with E-state index in [-0.39, 0.29) is 18.4 Å². The SMILES string of the molecule is CCC(CC)(CNC(=O)CC(C)Cc1ccccc1OC)C(=O)O. The van der Waals surface area contributed by atoms with Gasteiger partial charge in [0, 0.05) is 13.0 Å². The maximum Gasteiger partial charge on any atom is 0.311 e. The van der Waals surface area contributed by atoms with Gasteiger partial charge >= 0.3 is 5.97 Å². The summed E-state index contributed by atoms with van der Waals surface area (Å²) in [4.78, 5) is 23.6. The van der Waals surface area contributed by atoms with Gasteiger partial charge in [0.2, 0.25) is 5.91 Å². The van der Waals surface area contributed by atoms with E-state index < -0.39 is 11.4 Å². The largest absolute Gasteiger partial charge is 0.496 e. The molecule has 0 aliphatic rings. The fourth-order valence-corrected chi connectivity index (χ4v) is 2.85. The van der Waals surface area contributed by atoms with Gasteiger partial charge in [-0.15, -0.1) is 0 Å². The van der Waals surface area contributed by atoms with Crippen LogP contribution in [-0.2, 0) is 16.0 Å². The van der Waals surface area contributed by atoms with E-state index in [0.717, 1.165) is 17.7 Å². The Balaban J connectivity index is 2.57. The Kier molecular flexibility index (Phi) is 7.75. The number of rotatable bonds is 10. The molecule has 1 rings (SSSR count). The zero-order chi connectivity index (χ0) is 18.2. The Hall–Kier alpha value is -2.04. The number of benzene rings is 1. The van der Waals surface area contributed by atoms with E-state index in [1.165, 1.54) is 0 Å². The minimum absolute atomic E-state index is 0.107. The van der Waals surface area contributed by atoms with Crippen molar-refractivity contribution in [2.75, 3.05) is 13.7 Å². The van der Waals surface area contributed by atoms with Gasteiger partial charge in [-0.25, -0.2) is 0 Å². The summed E-state index contributed by atoms with van der Waals surface area (Å²) in [5.74, 6) is 0.00944. The highest BCUT2D eigenvalue weighted by Gasteiger charge is 2.35. The predicted octanol–water partition coefficient (Wildman–Crippen LogP) is 3.27. The number of carboxylic acids is 1. The first-order valence-corrected chi connectivity index (χ1v) is 8.50. The van der Waals surface area contributed by atoms with Gasteiger partial charge in [-0.05, 0) is 36.8 Å².